The van der Waals surface area contributed by atoms with Crippen LogP contribution >= 0.6 is 0 Å². The molecule has 76 valence electrons. The van der Waals surface area contributed by atoms with Gasteiger partial charge in [-0.05, 0) is 25.7 Å². The summed E-state index contributed by atoms with van der Waals surface area (Å²) >= 11 is 0. The molecule has 0 aromatic rings. The normalized spacial score (nSPS) is 32.1. The molecular formula is C11H20O2. The van der Waals surface area contributed by atoms with Gasteiger partial charge in [0.1, 0.15) is 0 Å². The molecule has 0 N–H and O–H groups in total. The van der Waals surface area contributed by atoms with E-state index in [9.17, 15) is 0 Å². The van der Waals surface area contributed by atoms with Crippen molar-refractivity contribution >= 4 is 0 Å². The molecule has 0 bridgehead atoms. The van der Waals surface area contributed by atoms with Gasteiger partial charge in [-0.3, -0.25) is 0 Å². The number of ether oxygens (including phenoxy) is 2. The van der Waals surface area contributed by atoms with E-state index in [1.807, 2.05) is 0 Å². The molecule has 2 nitrogen and oxygen atoms in total. The molecule has 2 fully saturated rings. The van der Waals surface area contributed by atoms with E-state index < -0.39 is 0 Å². The molecule has 2 unspecified atom stereocenters. The van der Waals surface area contributed by atoms with Crippen LogP contribution in [0.25, 0.3) is 0 Å². The zero-order valence-corrected chi connectivity index (χ0v) is 8.50. The fraction of sp³-hybridized carbons (Fsp3) is 1.00. The molecule has 2 rings (SSSR count). The zero-order valence-electron chi connectivity index (χ0n) is 8.50. The summed E-state index contributed by atoms with van der Waals surface area (Å²) in [6, 6.07) is 0. The number of hydrogen-bond donors (Lipinski definition) is 0. The second kappa shape index (κ2) is 4.43. The first-order valence-electron chi connectivity index (χ1n) is 5.63. The van der Waals surface area contributed by atoms with Gasteiger partial charge in [-0.25, -0.2) is 0 Å². The number of unbranched alkanes of at least 4 members (excludes halogenated alkanes) is 1. The minimum Gasteiger partial charge on any atom is -0.378 e. The first-order valence-corrected chi connectivity index (χ1v) is 5.63. The topological polar surface area (TPSA) is 18.5 Å². The summed E-state index contributed by atoms with van der Waals surface area (Å²) in [7, 11) is 0. The highest BCUT2D eigenvalue weighted by molar-refractivity contribution is 4.88. The van der Waals surface area contributed by atoms with Crippen molar-refractivity contribution in [2.75, 3.05) is 13.2 Å². The van der Waals surface area contributed by atoms with Gasteiger partial charge in [0.25, 0.3) is 0 Å². The molecule has 2 aliphatic rings. The van der Waals surface area contributed by atoms with E-state index in [0.717, 1.165) is 19.1 Å². The molecule has 0 spiro atoms. The standard InChI is InChI=1S/C11H20O2/c1-2-3-6-12-11-7-9(11)8-13-10-4-5-10/h9-11H,2-8H2,1H3. The van der Waals surface area contributed by atoms with Crippen molar-refractivity contribution in [1.29, 1.82) is 0 Å². The molecule has 2 saturated carbocycles. The Morgan fingerprint density at radius 2 is 2.08 bits per heavy atom. The van der Waals surface area contributed by atoms with Crippen LogP contribution in [0, 0.1) is 5.92 Å². The van der Waals surface area contributed by atoms with E-state index in [2.05, 4.69) is 6.92 Å². The summed E-state index contributed by atoms with van der Waals surface area (Å²) in [5.74, 6) is 0.720. The van der Waals surface area contributed by atoms with Gasteiger partial charge in [0.2, 0.25) is 0 Å². The summed E-state index contributed by atoms with van der Waals surface area (Å²) in [6.45, 7) is 4.09. The second-order valence-corrected chi connectivity index (χ2v) is 4.29. The van der Waals surface area contributed by atoms with Crippen LogP contribution in [0.3, 0.4) is 0 Å². The summed E-state index contributed by atoms with van der Waals surface area (Å²) in [5.41, 5.74) is 0. The van der Waals surface area contributed by atoms with Gasteiger partial charge in [0.15, 0.2) is 0 Å². The summed E-state index contributed by atoms with van der Waals surface area (Å²) in [5, 5.41) is 0. The quantitative estimate of drug-likeness (QED) is 0.565. The molecule has 2 atom stereocenters. The monoisotopic (exact) mass is 184 g/mol. The lowest BCUT2D eigenvalue weighted by atomic mass is 10.4. The smallest absolute Gasteiger partial charge is 0.0630 e. The van der Waals surface area contributed by atoms with Gasteiger partial charge in [0, 0.05) is 12.5 Å². The van der Waals surface area contributed by atoms with Crippen molar-refractivity contribution in [3.8, 4) is 0 Å². The summed E-state index contributed by atoms with van der Waals surface area (Å²) < 4.78 is 11.3. The van der Waals surface area contributed by atoms with E-state index in [4.69, 9.17) is 9.47 Å². The predicted molar refractivity (Wildman–Crippen MR) is 51.7 cm³/mol. The minimum atomic E-state index is 0.533. The van der Waals surface area contributed by atoms with Crippen molar-refractivity contribution in [3.05, 3.63) is 0 Å². The average Bonchev–Trinajstić information content (AvgIpc) is 2.98. The molecule has 0 amide bonds. The third kappa shape index (κ3) is 3.28. The van der Waals surface area contributed by atoms with E-state index in [0.29, 0.717) is 12.2 Å². The lowest BCUT2D eigenvalue weighted by Gasteiger charge is -2.02. The van der Waals surface area contributed by atoms with Crippen LogP contribution in [0.2, 0.25) is 0 Å². The molecule has 0 aliphatic heterocycles. The maximum absolute atomic E-state index is 5.68. The number of rotatable bonds is 7. The van der Waals surface area contributed by atoms with Gasteiger partial charge < -0.3 is 9.47 Å². The largest absolute Gasteiger partial charge is 0.378 e. The lowest BCUT2D eigenvalue weighted by Crippen LogP contribution is -2.05. The van der Waals surface area contributed by atoms with E-state index in [-0.39, 0.29) is 0 Å². The highest BCUT2D eigenvalue weighted by Gasteiger charge is 2.39. The Morgan fingerprint density at radius 1 is 1.23 bits per heavy atom. The Morgan fingerprint density at radius 3 is 2.77 bits per heavy atom. The first-order chi connectivity index (χ1) is 6.40. The SMILES string of the molecule is CCCCOC1CC1COC1CC1. The van der Waals surface area contributed by atoms with Gasteiger partial charge in [-0.1, -0.05) is 13.3 Å². The lowest BCUT2D eigenvalue weighted by molar-refractivity contribution is 0.0673. The maximum atomic E-state index is 5.68. The molecule has 13 heavy (non-hydrogen) atoms. The van der Waals surface area contributed by atoms with E-state index in [1.54, 1.807) is 0 Å². The molecule has 0 saturated heterocycles. The van der Waals surface area contributed by atoms with Crippen LogP contribution < -0.4 is 0 Å². The molecular weight excluding hydrogens is 164 g/mol. The van der Waals surface area contributed by atoms with Crippen LogP contribution in [-0.2, 0) is 9.47 Å². The molecule has 2 aliphatic carbocycles. The Hall–Kier alpha value is -0.0800. The predicted octanol–water partition coefficient (Wildman–Crippen LogP) is 2.37. The van der Waals surface area contributed by atoms with Crippen molar-refractivity contribution in [1.82, 2.24) is 0 Å². The fourth-order valence-corrected chi connectivity index (χ4v) is 1.47. The minimum absolute atomic E-state index is 0.533. The highest BCUT2D eigenvalue weighted by Crippen LogP contribution is 2.36. The van der Waals surface area contributed by atoms with Gasteiger partial charge in [-0.15, -0.1) is 0 Å². The van der Waals surface area contributed by atoms with E-state index >= 15 is 0 Å². The first kappa shape index (κ1) is 9.47. The van der Waals surface area contributed by atoms with Crippen molar-refractivity contribution in [2.24, 2.45) is 5.92 Å². The van der Waals surface area contributed by atoms with Crippen LogP contribution in [0.4, 0.5) is 0 Å². The Bertz CT molecular complexity index is 154. The Kier molecular flexibility index (Phi) is 3.23. The average molecular weight is 184 g/mol. The maximum Gasteiger partial charge on any atom is 0.0630 e. The fourth-order valence-electron chi connectivity index (χ4n) is 1.47. The van der Waals surface area contributed by atoms with E-state index in [1.165, 1.54) is 32.1 Å². The molecule has 0 aromatic heterocycles. The summed E-state index contributed by atoms with van der Waals surface area (Å²) in [6.07, 6.45) is 7.38. The van der Waals surface area contributed by atoms with Crippen LogP contribution in [0.5, 0.6) is 0 Å². The van der Waals surface area contributed by atoms with Gasteiger partial charge in [0.05, 0.1) is 18.8 Å². The molecule has 2 heteroatoms. The highest BCUT2D eigenvalue weighted by atomic mass is 16.5. The van der Waals surface area contributed by atoms with Gasteiger partial charge >= 0.3 is 0 Å². The van der Waals surface area contributed by atoms with Crippen LogP contribution in [0.15, 0.2) is 0 Å². The van der Waals surface area contributed by atoms with Crippen LogP contribution in [0.1, 0.15) is 39.0 Å². The molecule has 0 aromatic carbocycles. The Balaban J connectivity index is 1.44. The zero-order chi connectivity index (χ0) is 9.10. The third-order valence-electron chi connectivity index (χ3n) is 2.76. The molecule has 0 radical (unpaired) electrons. The number of hydrogen-bond acceptors (Lipinski definition) is 2. The van der Waals surface area contributed by atoms with Crippen LogP contribution in [-0.4, -0.2) is 25.4 Å². The van der Waals surface area contributed by atoms with Crippen molar-refractivity contribution in [3.63, 3.8) is 0 Å². The Labute approximate surface area is 80.6 Å². The third-order valence-corrected chi connectivity index (χ3v) is 2.76. The summed E-state index contributed by atoms with van der Waals surface area (Å²) in [4.78, 5) is 0. The van der Waals surface area contributed by atoms with Crippen molar-refractivity contribution < 1.29 is 9.47 Å². The second-order valence-electron chi connectivity index (χ2n) is 4.29. The van der Waals surface area contributed by atoms with Crippen molar-refractivity contribution in [2.45, 2.75) is 51.2 Å². The van der Waals surface area contributed by atoms with Gasteiger partial charge in [-0.2, -0.15) is 0 Å². The molecule has 0 heterocycles.